The van der Waals surface area contributed by atoms with Crippen LogP contribution in [0.15, 0.2) is 63.6 Å². The van der Waals surface area contributed by atoms with E-state index in [2.05, 4.69) is 82.4 Å². The summed E-state index contributed by atoms with van der Waals surface area (Å²) in [5, 5.41) is 0. The van der Waals surface area contributed by atoms with Crippen LogP contribution in [0.5, 0.6) is 0 Å². The van der Waals surface area contributed by atoms with Gasteiger partial charge in [-0.05, 0) is 47.8 Å². The summed E-state index contributed by atoms with van der Waals surface area (Å²) in [6.45, 7) is 3.25. The van der Waals surface area contributed by atoms with Crippen LogP contribution in [0, 0.1) is 0 Å². The molecular formula is C22H23BrN2. The zero-order valence-corrected chi connectivity index (χ0v) is 16.2. The fourth-order valence-corrected chi connectivity index (χ4v) is 4.20. The van der Waals surface area contributed by atoms with E-state index in [9.17, 15) is 0 Å². The molecule has 3 heteroatoms. The smallest absolute Gasteiger partial charge is 0.133 e. The van der Waals surface area contributed by atoms with Gasteiger partial charge in [0.15, 0.2) is 0 Å². The van der Waals surface area contributed by atoms with Gasteiger partial charge in [-0.15, -0.1) is 0 Å². The van der Waals surface area contributed by atoms with Gasteiger partial charge in [0, 0.05) is 17.1 Å². The van der Waals surface area contributed by atoms with Gasteiger partial charge in [0.1, 0.15) is 5.84 Å². The predicted molar refractivity (Wildman–Crippen MR) is 109 cm³/mol. The molecule has 0 spiro atoms. The van der Waals surface area contributed by atoms with Gasteiger partial charge in [0.25, 0.3) is 0 Å². The number of hydrogen-bond acceptors (Lipinski definition) is 2. The predicted octanol–water partition coefficient (Wildman–Crippen LogP) is 6.34. The van der Waals surface area contributed by atoms with Crippen LogP contribution in [-0.4, -0.2) is 16.8 Å². The molecule has 1 fully saturated rings. The Balaban J connectivity index is 1.74. The lowest BCUT2D eigenvalue weighted by Gasteiger charge is -2.30. The van der Waals surface area contributed by atoms with Gasteiger partial charge in [0.05, 0.1) is 5.69 Å². The number of rotatable bonds is 4. The molecule has 2 heterocycles. The highest BCUT2D eigenvalue weighted by atomic mass is 79.9. The van der Waals surface area contributed by atoms with E-state index in [4.69, 9.17) is 4.99 Å². The molecule has 128 valence electrons. The number of unbranched alkanes of at least 4 members (excludes halogenated alkanes) is 1. The van der Waals surface area contributed by atoms with E-state index in [1.54, 1.807) is 0 Å². The van der Waals surface area contributed by atoms with Gasteiger partial charge in [-0.2, -0.15) is 0 Å². The zero-order chi connectivity index (χ0) is 17.2. The molecule has 0 N–H and O–H groups in total. The quantitative estimate of drug-likeness (QED) is 0.590. The summed E-state index contributed by atoms with van der Waals surface area (Å²) in [7, 11) is 0. The van der Waals surface area contributed by atoms with E-state index in [0.29, 0.717) is 6.04 Å². The number of benzene rings is 2. The molecule has 1 unspecified atom stereocenters. The molecule has 0 bridgehead atoms. The second kappa shape index (κ2) is 7.17. The van der Waals surface area contributed by atoms with E-state index in [-0.39, 0.29) is 0 Å². The molecular weight excluding hydrogens is 372 g/mol. The third kappa shape index (κ3) is 3.30. The number of halogens is 1. The van der Waals surface area contributed by atoms with Gasteiger partial charge in [-0.3, -0.25) is 0 Å². The second-order valence-electron chi connectivity index (χ2n) is 6.88. The minimum Gasteiger partial charge on any atom is -0.349 e. The number of fused-ring (bicyclic) bond motifs is 2. The maximum absolute atomic E-state index is 5.03. The molecule has 0 aromatic heterocycles. The molecule has 2 aliphatic heterocycles. The molecule has 1 saturated heterocycles. The Morgan fingerprint density at radius 1 is 1.16 bits per heavy atom. The first kappa shape index (κ1) is 16.6. The number of hydrogen-bond donors (Lipinski definition) is 0. The van der Waals surface area contributed by atoms with Gasteiger partial charge >= 0.3 is 0 Å². The van der Waals surface area contributed by atoms with E-state index in [1.807, 2.05) is 0 Å². The number of aliphatic imine (C=N–C) groups is 1. The summed E-state index contributed by atoms with van der Waals surface area (Å²) in [4.78, 5) is 7.56. The molecule has 0 amide bonds. The molecule has 2 aromatic rings. The van der Waals surface area contributed by atoms with Crippen LogP contribution >= 0.6 is 15.9 Å². The Labute approximate surface area is 158 Å². The topological polar surface area (TPSA) is 15.6 Å². The summed E-state index contributed by atoms with van der Waals surface area (Å²) >= 11 is 3.68. The Hall–Kier alpha value is -1.87. The van der Waals surface area contributed by atoms with Crippen molar-refractivity contribution < 1.29 is 0 Å². The maximum Gasteiger partial charge on any atom is 0.133 e. The van der Waals surface area contributed by atoms with Crippen molar-refractivity contribution in [1.82, 2.24) is 4.90 Å². The van der Waals surface area contributed by atoms with E-state index in [1.165, 1.54) is 41.8 Å². The summed E-state index contributed by atoms with van der Waals surface area (Å²) in [5.41, 5.74) is 5.07. The van der Waals surface area contributed by atoms with Gasteiger partial charge in [0.2, 0.25) is 0 Å². The van der Waals surface area contributed by atoms with Crippen LogP contribution in [0.3, 0.4) is 0 Å². The Morgan fingerprint density at radius 2 is 1.96 bits per heavy atom. The minimum absolute atomic E-state index is 0.570. The summed E-state index contributed by atoms with van der Waals surface area (Å²) < 4.78 is 1.14. The average molecular weight is 395 g/mol. The van der Waals surface area contributed by atoms with Gasteiger partial charge in [-0.1, -0.05) is 72.1 Å². The van der Waals surface area contributed by atoms with Crippen molar-refractivity contribution >= 4 is 33.5 Å². The zero-order valence-electron chi connectivity index (χ0n) is 14.6. The van der Waals surface area contributed by atoms with E-state index >= 15 is 0 Å². The van der Waals surface area contributed by atoms with Crippen molar-refractivity contribution in [2.75, 3.05) is 0 Å². The molecule has 25 heavy (non-hydrogen) atoms. The Morgan fingerprint density at radius 3 is 2.80 bits per heavy atom. The normalized spacial score (nSPS) is 20.4. The largest absolute Gasteiger partial charge is 0.349 e. The highest BCUT2D eigenvalue weighted by molar-refractivity contribution is 9.10. The Kier molecular flexibility index (Phi) is 4.76. The minimum atomic E-state index is 0.570. The molecule has 2 nitrogen and oxygen atoms in total. The lowest BCUT2D eigenvalue weighted by Crippen LogP contribution is -2.34. The third-order valence-corrected chi connectivity index (χ3v) is 5.86. The van der Waals surface area contributed by atoms with Crippen LogP contribution < -0.4 is 0 Å². The van der Waals surface area contributed by atoms with Crippen LogP contribution in [0.4, 0.5) is 5.69 Å². The number of amidine groups is 1. The van der Waals surface area contributed by atoms with Crippen molar-refractivity contribution in [3.63, 3.8) is 0 Å². The lowest BCUT2D eigenvalue weighted by atomic mass is 10.0. The highest BCUT2D eigenvalue weighted by Gasteiger charge is 2.35. The number of nitrogens with zero attached hydrogens (tertiary/aromatic N) is 2. The second-order valence-corrected chi connectivity index (χ2v) is 7.74. The van der Waals surface area contributed by atoms with Crippen molar-refractivity contribution in [2.24, 2.45) is 4.99 Å². The van der Waals surface area contributed by atoms with Crippen molar-refractivity contribution in [3.05, 3.63) is 69.7 Å². The third-order valence-electron chi connectivity index (χ3n) is 5.14. The molecule has 2 aliphatic rings. The van der Waals surface area contributed by atoms with Gasteiger partial charge in [-0.25, -0.2) is 4.99 Å². The summed E-state index contributed by atoms with van der Waals surface area (Å²) in [6.07, 6.45) is 7.17. The first-order valence-corrected chi connectivity index (χ1v) is 9.94. The molecule has 2 aromatic carbocycles. The van der Waals surface area contributed by atoms with Crippen molar-refractivity contribution in [3.8, 4) is 0 Å². The molecule has 1 atom stereocenters. The SMILES string of the molecule is CCCCC1C/C(=C\c2ccccc2Br)C2=Nc3ccccc3CN21. The molecule has 0 aliphatic carbocycles. The van der Waals surface area contributed by atoms with Gasteiger partial charge < -0.3 is 4.90 Å². The number of para-hydroxylation sites is 1. The molecule has 0 saturated carbocycles. The fourth-order valence-electron chi connectivity index (χ4n) is 3.80. The highest BCUT2D eigenvalue weighted by Crippen LogP contribution is 2.38. The van der Waals surface area contributed by atoms with E-state index in [0.717, 1.165) is 23.1 Å². The summed E-state index contributed by atoms with van der Waals surface area (Å²) in [6, 6.07) is 17.5. The monoisotopic (exact) mass is 394 g/mol. The van der Waals surface area contributed by atoms with Crippen molar-refractivity contribution in [2.45, 2.75) is 45.2 Å². The Bertz CT molecular complexity index is 837. The average Bonchev–Trinajstić information content (AvgIpc) is 2.97. The molecule has 4 rings (SSSR count). The van der Waals surface area contributed by atoms with Crippen LogP contribution in [0.25, 0.3) is 6.08 Å². The van der Waals surface area contributed by atoms with Crippen molar-refractivity contribution in [1.29, 1.82) is 0 Å². The standard InChI is InChI=1S/C22H23BrN2/c1-2-3-10-19-14-18(13-16-8-4-6-11-20(16)23)22-24-21-12-7-5-9-17(21)15-25(19)22/h4-9,11-13,19H,2-3,10,14-15H2,1H3/b18-13+. The molecule has 0 radical (unpaired) electrons. The first-order valence-electron chi connectivity index (χ1n) is 9.15. The van der Waals surface area contributed by atoms with Crippen LogP contribution in [-0.2, 0) is 6.54 Å². The van der Waals surface area contributed by atoms with Crippen LogP contribution in [0.1, 0.15) is 43.7 Å². The lowest BCUT2D eigenvalue weighted by molar-refractivity contribution is 0.305. The maximum atomic E-state index is 5.03. The fraction of sp³-hybridized carbons (Fsp3) is 0.318. The van der Waals surface area contributed by atoms with Crippen LogP contribution in [0.2, 0.25) is 0 Å². The van der Waals surface area contributed by atoms with E-state index < -0.39 is 0 Å². The summed E-state index contributed by atoms with van der Waals surface area (Å²) in [5.74, 6) is 1.18. The first-order chi connectivity index (χ1) is 12.3.